The Hall–Kier alpha value is -2.24. The van der Waals surface area contributed by atoms with E-state index in [1.54, 1.807) is 18.2 Å². The fourth-order valence-electron chi connectivity index (χ4n) is 1.82. The van der Waals surface area contributed by atoms with Gasteiger partial charge in [-0.2, -0.15) is 0 Å². The second-order valence-corrected chi connectivity index (χ2v) is 5.80. The number of amides is 2. The minimum atomic E-state index is -0.485. The van der Waals surface area contributed by atoms with Crippen molar-refractivity contribution in [2.45, 2.75) is 0 Å². The Labute approximate surface area is 144 Å². The van der Waals surface area contributed by atoms with Crippen LogP contribution in [0.4, 0.5) is 5.69 Å². The third-order valence-corrected chi connectivity index (χ3v) is 3.84. The normalized spacial score (nSPS) is 10.1. The van der Waals surface area contributed by atoms with E-state index in [2.05, 4.69) is 10.9 Å². The number of hydrogen-bond acceptors (Lipinski definition) is 3. The highest BCUT2D eigenvalue weighted by molar-refractivity contribution is 6.42. The molecule has 0 unspecified atom stereocenters. The molecule has 0 heterocycles. The van der Waals surface area contributed by atoms with E-state index in [1.165, 1.54) is 18.2 Å². The van der Waals surface area contributed by atoms with Gasteiger partial charge in [-0.05, 0) is 36.4 Å². The van der Waals surface area contributed by atoms with E-state index in [9.17, 15) is 9.59 Å². The number of halogens is 2. The quantitative estimate of drug-likeness (QED) is 0.835. The van der Waals surface area contributed by atoms with Crippen LogP contribution >= 0.6 is 23.2 Å². The van der Waals surface area contributed by atoms with Crippen LogP contribution in [0.1, 0.15) is 20.7 Å². The average Bonchev–Trinajstić information content (AvgIpc) is 2.54. The van der Waals surface area contributed by atoms with Gasteiger partial charge in [0.05, 0.1) is 10.0 Å². The summed E-state index contributed by atoms with van der Waals surface area (Å²) in [6, 6.07) is 11.5. The SMILES string of the molecule is CN(C)c1cccc(C(=O)NNC(=O)c2ccc(Cl)c(Cl)c2)c1. The number of nitrogens with zero attached hydrogens (tertiary/aromatic N) is 1. The van der Waals surface area contributed by atoms with Crippen molar-refractivity contribution in [3.8, 4) is 0 Å². The average molecular weight is 352 g/mol. The standard InChI is InChI=1S/C16H15Cl2N3O2/c1-21(2)12-5-3-4-10(8-12)15(22)19-20-16(23)11-6-7-13(17)14(18)9-11/h3-9H,1-2H3,(H,19,22)(H,20,23). The van der Waals surface area contributed by atoms with Crippen LogP contribution in [0.15, 0.2) is 42.5 Å². The fraction of sp³-hybridized carbons (Fsp3) is 0.125. The highest BCUT2D eigenvalue weighted by Crippen LogP contribution is 2.22. The zero-order valence-corrected chi connectivity index (χ0v) is 14.1. The van der Waals surface area contributed by atoms with E-state index < -0.39 is 11.8 Å². The van der Waals surface area contributed by atoms with Crippen molar-refractivity contribution in [2.75, 3.05) is 19.0 Å². The molecule has 120 valence electrons. The lowest BCUT2D eigenvalue weighted by molar-refractivity contribution is 0.0846. The van der Waals surface area contributed by atoms with Crippen LogP contribution in [0.3, 0.4) is 0 Å². The highest BCUT2D eigenvalue weighted by atomic mass is 35.5. The number of hydrazine groups is 1. The zero-order valence-electron chi connectivity index (χ0n) is 12.6. The summed E-state index contributed by atoms with van der Waals surface area (Å²) in [5.74, 6) is -0.900. The molecular weight excluding hydrogens is 337 g/mol. The molecule has 0 saturated carbocycles. The van der Waals surface area contributed by atoms with Crippen molar-refractivity contribution in [3.63, 3.8) is 0 Å². The maximum absolute atomic E-state index is 12.1. The zero-order chi connectivity index (χ0) is 17.0. The van der Waals surface area contributed by atoms with E-state index in [-0.39, 0.29) is 5.02 Å². The summed E-state index contributed by atoms with van der Waals surface area (Å²) < 4.78 is 0. The van der Waals surface area contributed by atoms with Gasteiger partial charge in [-0.15, -0.1) is 0 Å². The lowest BCUT2D eigenvalue weighted by Gasteiger charge is -2.13. The Kier molecular flexibility index (Phi) is 5.47. The molecule has 2 rings (SSSR count). The summed E-state index contributed by atoms with van der Waals surface area (Å²) in [7, 11) is 3.76. The summed E-state index contributed by atoms with van der Waals surface area (Å²) in [4.78, 5) is 25.9. The molecule has 2 aromatic rings. The number of anilines is 1. The first kappa shape index (κ1) is 17.1. The molecule has 23 heavy (non-hydrogen) atoms. The molecule has 0 aliphatic heterocycles. The number of hydrogen-bond donors (Lipinski definition) is 2. The van der Waals surface area contributed by atoms with Gasteiger partial charge in [-0.3, -0.25) is 20.4 Å². The van der Waals surface area contributed by atoms with Gasteiger partial charge in [-0.1, -0.05) is 29.3 Å². The first-order valence-electron chi connectivity index (χ1n) is 6.71. The van der Waals surface area contributed by atoms with Gasteiger partial charge in [0.2, 0.25) is 0 Å². The minimum Gasteiger partial charge on any atom is -0.378 e. The maximum atomic E-state index is 12.1. The Bertz CT molecular complexity index is 748. The molecule has 7 heteroatoms. The Balaban J connectivity index is 2.02. The monoisotopic (exact) mass is 351 g/mol. The Morgan fingerprint density at radius 2 is 1.48 bits per heavy atom. The van der Waals surface area contributed by atoms with E-state index >= 15 is 0 Å². The molecule has 0 fully saturated rings. The number of nitrogens with one attached hydrogen (secondary N) is 2. The van der Waals surface area contributed by atoms with Gasteiger partial charge in [0.1, 0.15) is 0 Å². The lowest BCUT2D eigenvalue weighted by Crippen LogP contribution is -2.41. The van der Waals surface area contributed by atoms with Crippen LogP contribution < -0.4 is 15.8 Å². The topological polar surface area (TPSA) is 61.4 Å². The smallest absolute Gasteiger partial charge is 0.269 e. The van der Waals surface area contributed by atoms with Crippen molar-refractivity contribution in [1.82, 2.24) is 10.9 Å². The summed E-state index contributed by atoms with van der Waals surface area (Å²) in [6.07, 6.45) is 0. The molecule has 0 aromatic heterocycles. The van der Waals surface area contributed by atoms with Crippen LogP contribution in [0.5, 0.6) is 0 Å². The van der Waals surface area contributed by atoms with E-state index in [4.69, 9.17) is 23.2 Å². The Morgan fingerprint density at radius 1 is 0.870 bits per heavy atom. The van der Waals surface area contributed by atoms with Crippen molar-refractivity contribution in [2.24, 2.45) is 0 Å². The molecule has 2 N–H and O–H groups in total. The van der Waals surface area contributed by atoms with Crippen LogP contribution in [0.25, 0.3) is 0 Å². The molecule has 0 radical (unpaired) electrons. The van der Waals surface area contributed by atoms with E-state index in [0.717, 1.165) is 5.69 Å². The molecule has 0 aliphatic carbocycles. The number of carbonyl (C=O) groups excluding carboxylic acids is 2. The summed E-state index contributed by atoms with van der Waals surface area (Å²) >= 11 is 11.7. The lowest BCUT2D eigenvalue weighted by atomic mass is 10.2. The minimum absolute atomic E-state index is 0.268. The van der Waals surface area contributed by atoms with Crippen LogP contribution in [-0.2, 0) is 0 Å². The molecule has 0 saturated heterocycles. The number of benzene rings is 2. The molecule has 0 bridgehead atoms. The number of carbonyl (C=O) groups is 2. The third kappa shape index (κ3) is 4.37. The van der Waals surface area contributed by atoms with Gasteiger partial charge in [0, 0.05) is 30.9 Å². The second-order valence-electron chi connectivity index (χ2n) is 4.98. The fourth-order valence-corrected chi connectivity index (χ4v) is 2.12. The first-order valence-corrected chi connectivity index (χ1v) is 7.47. The molecule has 2 aromatic carbocycles. The molecule has 0 atom stereocenters. The molecule has 5 nitrogen and oxygen atoms in total. The maximum Gasteiger partial charge on any atom is 0.269 e. The van der Waals surface area contributed by atoms with E-state index in [0.29, 0.717) is 16.1 Å². The first-order chi connectivity index (χ1) is 10.9. The molecular formula is C16H15Cl2N3O2. The van der Waals surface area contributed by atoms with Gasteiger partial charge < -0.3 is 4.90 Å². The predicted octanol–water partition coefficient (Wildman–Crippen LogP) is 3.13. The molecule has 0 spiro atoms. The highest BCUT2D eigenvalue weighted by Gasteiger charge is 2.11. The summed E-state index contributed by atoms with van der Waals surface area (Å²) in [5, 5.41) is 0.622. The van der Waals surface area contributed by atoms with Gasteiger partial charge in [0.25, 0.3) is 11.8 Å². The van der Waals surface area contributed by atoms with Crippen molar-refractivity contribution in [1.29, 1.82) is 0 Å². The van der Waals surface area contributed by atoms with Gasteiger partial charge in [-0.25, -0.2) is 0 Å². The second kappa shape index (κ2) is 7.35. The summed E-state index contributed by atoms with van der Waals surface area (Å²) in [5.41, 5.74) is 6.32. The number of rotatable bonds is 3. The van der Waals surface area contributed by atoms with Crippen LogP contribution in [0, 0.1) is 0 Å². The van der Waals surface area contributed by atoms with E-state index in [1.807, 2.05) is 25.1 Å². The summed E-state index contributed by atoms with van der Waals surface area (Å²) in [6.45, 7) is 0. The molecule has 0 aliphatic rings. The Morgan fingerprint density at radius 3 is 2.04 bits per heavy atom. The van der Waals surface area contributed by atoms with Gasteiger partial charge >= 0.3 is 0 Å². The van der Waals surface area contributed by atoms with Crippen molar-refractivity contribution < 1.29 is 9.59 Å². The van der Waals surface area contributed by atoms with Crippen molar-refractivity contribution in [3.05, 3.63) is 63.6 Å². The van der Waals surface area contributed by atoms with Crippen LogP contribution in [0.2, 0.25) is 10.0 Å². The third-order valence-electron chi connectivity index (χ3n) is 3.10. The van der Waals surface area contributed by atoms with Crippen molar-refractivity contribution >= 4 is 40.7 Å². The molecule has 2 amide bonds. The van der Waals surface area contributed by atoms with Crippen LogP contribution in [-0.4, -0.2) is 25.9 Å². The van der Waals surface area contributed by atoms with Gasteiger partial charge in [0.15, 0.2) is 0 Å². The predicted molar refractivity (Wildman–Crippen MR) is 92.2 cm³/mol. The largest absolute Gasteiger partial charge is 0.378 e.